The molecule has 0 aliphatic heterocycles. The van der Waals surface area contributed by atoms with Crippen molar-refractivity contribution < 1.29 is 43.6 Å². The van der Waals surface area contributed by atoms with Crippen molar-refractivity contribution in [3.8, 4) is 5.75 Å². The van der Waals surface area contributed by atoms with Crippen molar-refractivity contribution >= 4 is 87.7 Å². The SMILES string of the molecule is COc1cc(/N=N/c2ccc3cccc(S(=O)(=O)O)c3c2)ccc1Nc1nc(SCCCS(=O)(=O)O)nc(SCCCS(=O)(=O)O)n1. The Hall–Kier alpha value is -3.44. The van der Waals surface area contributed by atoms with Crippen LogP contribution in [-0.2, 0) is 30.4 Å². The Morgan fingerprint density at radius 3 is 1.89 bits per heavy atom. The van der Waals surface area contributed by atoms with E-state index in [1.165, 1.54) is 25.3 Å². The maximum atomic E-state index is 11.8. The molecule has 252 valence electrons. The predicted octanol–water partition coefficient (Wildman–Crippen LogP) is 5.18. The Morgan fingerprint density at radius 1 is 0.766 bits per heavy atom. The zero-order chi connectivity index (χ0) is 34.2. The number of aromatic nitrogens is 3. The molecule has 0 saturated carbocycles. The highest BCUT2D eigenvalue weighted by molar-refractivity contribution is 7.99. The third-order valence-electron chi connectivity index (χ3n) is 5.97. The van der Waals surface area contributed by atoms with E-state index in [0.29, 0.717) is 28.2 Å². The number of rotatable bonds is 16. The first kappa shape index (κ1) is 36.4. The highest BCUT2D eigenvalue weighted by Gasteiger charge is 2.15. The fourth-order valence-electron chi connectivity index (χ4n) is 3.93. The van der Waals surface area contributed by atoms with E-state index in [9.17, 15) is 29.8 Å². The highest BCUT2D eigenvalue weighted by atomic mass is 32.2. The summed E-state index contributed by atoms with van der Waals surface area (Å²) in [6, 6.07) is 14.1. The van der Waals surface area contributed by atoms with Gasteiger partial charge in [0.25, 0.3) is 30.4 Å². The molecule has 21 heteroatoms. The summed E-state index contributed by atoms with van der Waals surface area (Å²) in [5.74, 6) is 0.120. The first-order valence-electron chi connectivity index (χ1n) is 13.4. The molecule has 0 spiro atoms. The summed E-state index contributed by atoms with van der Waals surface area (Å²) in [6.07, 6.45) is 0.277. The van der Waals surface area contributed by atoms with Gasteiger partial charge in [-0.2, -0.15) is 50.4 Å². The average Bonchev–Trinajstić information content (AvgIpc) is 2.99. The minimum atomic E-state index is -4.46. The van der Waals surface area contributed by atoms with Crippen LogP contribution in [0.1, 0.15) is 12.8 Å². The van der Waals surface area contributed by atoms with E-state index < -0.39 is 41.9 Å². The van der Waals surface area contributed by atoms with Gasteiger partial charge in [0.15, 0.2) is 10.3 Å². The molecule has 1 heterocycles. The van der Waals surface area contributed by atoms with E-state index in [4.69, 9.17) is 13.8 Å². The average molecular weight is 745 g/mol. The molecule has 0 aliphatic rings. The number of hydrogen-bond acceptors (Lipinski definition) is 15. The molecule has 4 rings (SSSR count). The van der Waals surface area contributed by atoms with Crippen LogP contribution in [0.2, 0.25) is 0 Å². The smallest absolute Gasteiger partial charge is 0.295 e. The van der Waals surface area contributed by atoms with Crippen molar-refractivity contribution in [2.45, 2.75) is 28.0 Å². The maximum Gasteiger partial charge on any atom is 0.295 e. The van der Waals surface area contributed by atoms with Crippen molar-refractivity contribution in [3.05, 3.63) is 54.6 Å². The lowest BCUT2D eigenvalue weighted by molar-refractivity contribution is 0.417. The van der Waals surface area contributed by atoms with Crippen LogP contribution < -0.4 is 10.1 Å². The lowest BCUT2D eigenvalue weighted by Crippen LogP contribution is -2.07. The number of benzene rings is 3. The molecule has 0 unspecified atom stereocenters. The van der Waals surface area contributed by atoms with Crippen molar-refractivity contribution in [3.63, 3.8) is 0 Å². The predicted molar refractivity (Wildman–Crippen MR) is 178 cm³/mol. The minimum Gasteiger partial charge on any atom is -0.494 e. The van der Waals surface area contributed by atoms with E-state index in [2.05, 4.69) is 30.5 Å². The van der Waals surface area contributed by atoms with Crippen LogP contribution in [0.15, 0.2) is 80.0 Å². The number of methoxy groups -OCH3 is 1. The summed E-state index contributed by atoms with van der Waals surface area (Å²) in [7, 11) is -11.3. The maximum absolute atomic E-state index is 11.8. The summed E-state index contributed by atoms with van der Waals surface area (Å²) in [4.78, 5) is 12.8. The van der Waals surface area contributed by atoms with Crippen LogP contribution >= 0.6 is 23.5 Å². The second-order valence-corrected chi connectivity index (χ2v) is 16.2. The molecule has 0 bridgehead atoms. The Balaban J connectivity index is 1.54. The van der Waals surface area contributed by atoms with Gasteiger partial charge in [-0.1, -0.05) is 41.7 Å². The lowest BCUT2D eigenvalue weighted by atomic mass is 10.1. The third-order valence-corrected chi connectivity index (χ3v) is 10.4. The summed E-state index contributed by atoms with van der Waals surface area (Å²) in [5, 5.41) is 12.8. The number of anilines is 2. The molecule has 4 N–H and O–H groups in total. The third kappa shape index (κ3) is 11.6. The molecule has 0 aliphatic carbocycles. The summed E-state index contributed by atoms with van der Waals surface area (Å²) in [5.41, 5.74) is 1.16. The van der Waals surface area contributed by atoms with Crippen LogP contribution in [0.25, 0.3) is 10.8 Å². The molecule has 4 aromatic rings. The largest absolute Gasteiger partial charge is 0.494 e. The fraction of sp³-hybridized carbons (Fsp3) is 0.269. The van der Waals surface area contributed by atoms with Gasteiger partial charge < -0.3 is 10.1 Å². The van der Waals surface area contributed by atoms with Crippen LogP contribution in [0.4, 0.5) is 23.0 Å². The molecule has 0 amide bonds. The van der Waals surface area contributed by atoms with E-state index in [1.807, 2.05) is 0 Å². The molecular weight excluding hydrogens is 717 g/mol. The number of ether oxygens (including phenoxy) is 1. The van der Waals surface area contributed by atoms with Gasteiger partial charge in [0.1, 0.15) is 10.6 Å². The second-order valence-electron chi connectivity index (χ2n) is 9.55. The minimum absolute atomic E-state index is 0.105. The first-order valence-corrected chi connectivity index (χ1v) is 20.0. The van der Waals surface area contributed by atoms with Gasteiger partial charge in [0.05, 0.1) is 35.7 Å². The molecule has 0 atom stereocenters. The second kappa shape index (κ2) is 15.6. The monoisotopic (exact) mass is 744 g/mol. The summed E-state index contributed by atoms with van der Waals surface area (Å²) >= 11 is 2.26. The Kier molecular flexibility index (Phi) is 12.1. The number of thioether (sulfide) groups is 2. The summed E-state index contributed by atoms with van der Waals surface area (Å²) < 4.78 is 101. The van der Waals surface area contributed by atoms with Crippen LogP contribution in [0.3, 0.4) is 0 Å². The Morgan fingerprint density at radius 2 is 1.34 bits per heavy atom. The van der Waals surface area contributed by atoms with Crippen molar-refractivity contribution in [1.82, 2.24) is 15.0 Å². The Labute approximate surface area is 279 Å². The van der Waals surface area contributed by atoms with Crippen molar-refractivity contribution in [2.75, 3.05) is 35.4 Å². The normalized spacial score (nSPS) is 12.5. The zero-order valence-corrected chi connectivity index (χ0v) is 28.5. The summed E-state index contributed by atoms with van der Waals surface area (Å²) in [6.45, 7) is 0. The molecule has 47 heavy (non-hydrogen) atoms. The van der Waals surface area contributed by atoms with E-state index in [1.54, 1.807) is 36.4 Å². The number of hydrogen-bond donors (Lipinski definition) is 4. The first-order chi connectivity index (χ1) is 22.1. The molecule has 0 radical (unpaired) electrons. The number of nitrogens with one attached hydrogen (secondary N) is 1. The van der Waals surface area contributed by atoms with Gasteiger partial charge in [-0.3, -0.25) is 13.7 Å². The van der Waals surface area contributed by atoms with Gasteiger partial charge in [-0.25, -0.2) is 0 Å². The van der Waals surface area contributed by atoms with E-state index in [-0.39, 0.29) is 50.9 Å². The van der Waals surface area contributed by atoms with Gasteiger partial charge in [0, 0.05) is 23.0 Å². The number of nitrogens with zero attached hydrogens (tertiary/aromatic N) is 5. The highest BCUT2D eigenvalue weighted by Crippen LogP contribution is 2.33. The number of fused-ring (bicyclic) bond motifs is 1. The van der Waals surface area contributed by atoms with Crippen LogP contribution in [0.5, 0.6) is 5.75 Å². The van der Waals surface area contributed by atoms with Gasteiger partial charge in [0.2, 0.25) is 5.95 Å². The zero-order valence-electron chi connectivity index (χ0n) is 24.4. The molecule has 0 saturated heterocycles. The van der Waals surface area contributed by atoms with Crippen molar-refractivity contribution in [1.29, 1.82) is 0 Å². The van der Waals surface area contributed by atoms with Crippen molar-refractivity contribution in [2.24, 2.45) is 10.2 Å². The molecule has 1 aromatic heterocycles. The van der Waals surface area contributed by atoms with Gasteiger partial charge in [-0.05, 0) is 48.6 Å². The molecule has 16 nitrogen and oxygen atoms in total. The molecule has 0 fully saturated rings. The quantitative estimate of drug-likeness (QED) is 0.0499. The van der Waals surface area contributed by atoms with E-state index in [0.717, 1.165) is 23.5 Å². The lowest BCUT2D eigenvalue weighted by Gasteiger charge is -2.12. The number of azo groups is 1. The van der Waals surface area contributed by atoms with E-state index >= 15 is 0 Å². The molecular formula is C26H28N6O10S5. The van der Waals surface area contributed by atoms with Crippen LogP contribution in [0, 0.1) is 0 Å². The Bertz CT molecular complexity index is 2060. The molecule has 3 aromatic carbocycles. The van der Waals surface area contributed by atoms with Gasteiger partial charge in [-0.15, -0.1) is 0 Å². The van der Waals surface area contributed by atoms with Crippen LogP contribution in [-0.4, -0.2) is 84.0 Å². The standard InChI is InChI=1S/C26H28N6O10S5/c1-42-22-16-19(32-31-18-8-7-17-5-2-6-23(20(17)15-18)47(39,40)41)9-10-21(22)27-24-28-25(43-11-3-13-45(33,34)35)30-26(29-24)44-12-4-14-46(36,37)38/h2,5-10,15-16H,3-4,11-14H2,1H3,(H,33,34,35)(H,36,37,38)(H,39,40,41)(H,27,28,29,30)/b32-31+. The fourth-order valence-corrected chi connectivity index (χ4v) is 7.63. The van der Waals surface area contributed by atoms with Gasteiger partial charge >= 0.3 is 0 Å². The topological polar surface area (TPSA) is 248 Å².